The zero-order valence-corrected chi connectivity index (χ0v) is 16.6. The van der Waals surface area contributed by atoms with Crippen molar-refractivity contribution < 1.29 is 9.80 Å². The second-order valence-electron chi connectivity index (χ2n) is 7.58. The molecule has 1 aliphatic rings. The largest absolute Gasteiger partial charge is 0.317 e. The molecule has 1 aliphatic heterocycles. The van der Waals surface area contributed by atoms with Gasteiger partial charge in [-0.1, -0.05) is 55.5 Å². The predicted octanol–water partition coefficient (Wildman–Crippen LogP) is 0.482. The van der Waals surface area contributed by atoms with Gasteiger partial charge < -0.3 is 4.90 Å². The lowest BCUT2D eigenvalue weighted by atomic mass is 10.1. The maximum absolute atomic E-state index is 4.43. The molecule has 0 bridgehead atoms. The van der Waals surface area contributed by atoms with E-state index in [4.69, 9.17) is 0 Å². The number of hydrogen-bond acceptors (Lipinski definition) is 3. The average Bonchev–Trinajstić information content (AvgIpc) is 3.23. The number of aryl methyl sites for hydroxylation is 2. The normalized spacial score (nSPS) is 20.8. The van der Waals surface area contributed by atoms with E-state index in [1.54, 1.807) is 9.80 Å². The van der Waals surface area contributed by atoms with Crippen molar-refractivity contribution >= 4 is 5.69 Å². The van der Waals surface area contributed by atoms with Crippen LogP contribution in [0.4, 0.5) is 5.69 Å². The lowest BCUT2D eigenvalue weighted by molar-refractivity contribution is -1.01. The number of nitrogens with zero attached hydrogens (tertiary/aromatic N) is 4. The molecule has 6 nitrogen and oxygen atoms in total. The Balaban J connectivity index is 1.40. The van der Waals surface area contributed by atoms with Crippen LogP contribution in [0.25, 0.3) is 0 Å². The van der Waals surface area contributed by atoms with E-state index in [0.29, 0.717) is 6.04 Å². The van der Waals surface area contributed by atoms with Gasteiger partial charge in [0.25, 0.3) is 0 Å². The number of quaternary nitrogens is 2. The van der Waals surface area contributed by atoms with Crippen molar-refractivity contribution in [1.29, 1.82) is 0 Å². The Kier molecular flexibility index (Phi) is 6.09. The molecule has 4 rings (SSSR count). The molecule has 0 amide bonds. The van der Waals surface area contributed by atoms with E-state index in [-0.39, 0.29) is 0 Å². The van der Waals surface area contributed by atoms with Gasteiger partial charge in [-0.3, -0.25) is 4.90 Å². The number of para-hydroxylation sites is 1. The first-order valence-electron chi connectivity index (χ1n) is 10.4. The fourth-order valence-corrected chi connectivity index (χ4v) is 4.34. The lowest BCUT2D eigenvalue weighted by Gasteiger charge is -2.33. The number of hydrogen-bond donors (Lipinski definition) is 2. The molecule has 0 radical (unpaired) electrons. The van der Waals surface area contributed by atoms with Gasteiger partial charge in [0.2, 0.25) is 5.82 Å². The zero-order valence-electron chi connectivity index (χ0n) is 16.6. The Morgan fingerprint density at radius 2 is 1.61 bits per heavy atom. The molecule has 1 saturated heterocycles. The Morgan fingerprint density at radius 3 is 2.29 bits per heavy atom. The van der Waals surface area contributed by atoms with Crippen LogP contribution in [-0.4, -0.2) is 46.4 Å². The molecule has 146 valence electrons. The minimum absolute atomic E-state index is 0.364. The van der Waals surface area contributed by atoms with Gasteiger partial charge in [0.15, 0.2) is 0 Å². The monoisotopic (exact) mass is 378 g/mol. The molecule has 1 fully saturated rings. The van der Waals surface area contributed by atoms with E-state index in [2.05, 4.69) is 83.1 Å². The first-order chi connectivity index (χ1) is 13.8. The SMILES string of the molecule is CC[C@@H](c1nnnn1CCc1ccccc1)[NH+]1CC[NH+](c2ccccc2)CC1. The summed E-state index contributed by atoms with van der Waals surface area (Å²) in [4.78, 5) is 3.20. The summed E-state index contributed by atoms with van der Waals surface area (Å²) in [5.41, 5.74) is 2.73. The molecule has 28 heavy (non-hydrogen) atoms. The fourth-order valence-electron chi connectivity index (χ4n) is 4.34. The second-order valence-corrected chi connectivity index (χ2v) is 7.58. The van der Waals surface area contributed by atoms with Gasteiger partial charge in [-0.15, -0.1) is 5.10 Å². The number of benzene rings is 2. The smallest absolute Gasteiger partial charge is 0.209 e. The van der Waals surface area contributed by atoms with Crippen LogP contribution in [0.3, 0.4) is 0 Å². The molecule has 0 aliphatic carbocycles. The van der Waals surface area contributed by atoms with Crippen LogP contribution < -0.4 is 9.80 Å². The molecular weight excluding hydrogens is 348 g/mol. The second kappa shape index (κ2) is 9.08. The molecule has 2 heterocycles. The van der Waals surface area contributed by atoms with Crippen molar-refractivity contribution in [3.8, 4) is 0 Å². The third-order valence-electron chi connectivity index (χ3n) is 5.91. The van der Waals surface area contributed by atoms with Gasteiger partial charge in [0.05, 0.1) is 0 Å². The molecule has 0 spiro atoms. The van der Waals surface area contributed by atoms with Gasteiger partial charge in [0.1, 0.15) is 37.9 Å². The van der Waals surface area contributed by atoms with Crippen LogP contribution in [0.15, 0.2) is 60.7 Å². The first kappa shape index (κ1) is 18.8. The molecule has 1 atom stereocenters. The average molecular weight is 379 g/mol. The highest BCUT2D eigenvalue weighted by Crippen LogP contribution is 2.11. The van der Waals surface area contributed by atoms with Gasteiger partial charge >= 0.3 is 0 Å². The summed E-state index contributed by atoms with van der Waals surface area (Å²) in [5, 5.41) is 12.7. The van der Waals surface area contributed by atoms with E-state index in [0.717, 1.165) is 51.4 Å². The van der Waals surface area contributed by atoms with Crippen LogP contribution in [0, 0.1) is 0 Å². The summed E-state index contributed by atoms with van der Waals surface area (Å²) < 4.78 is 2.02. The summed E-state index contributed by atoms with van der Waals surface area (Å²) >= 11 is 0. The number of nitrogens with one attached hydrogen (secondary N) is 2. The number of tetrazole rings is 1. The Bertz CT molecular complexity index is 840. The molecule has 0 unspecified atom stereocenters. The van der Waals surface area contributed by atoms with Crippen molar-refractivity contribution in [2.24, 2.45) is 0 Å². The van der Waals surface area contributed by atoms with E-state index >= 15 is 0 Å². The van der Waals surface area contributed by atoms with Crippen LogP contribution in [-0.2, 0) is 13.0 Å². The van der Waals surface area contributed by atoms with E-state index in [1.165, 1.54) is 11.3 Å². The first-order valence-corrected chi connectivity index (χ1v) is 10.4. The summed E-state index contributed by atoms with van der Waals surface area (Å²) in [6.45, 7) is 7.69. The highest BCUT2D eigenvalue weighted by atomic mass is 15.5. The number of aromatic nitrogens is 4. The number of piperazine rings is 1. The quantitative estimate of drug-likeness (QED) is 0.629. The third-order valence-corrected chi connectivity index (χ3v) is 5.91. The zero-order chi connectivity index (χ0) is 19.2. The van der Waals surface area contributed by atoms with Crippen LogP contribution in [0.5, 0.6) is 0 Å². The maximum atomic E-state index is 4.43. The molecule has 2 aromatic carbocycles. The minimum Gasteiger partial charge on any atom is -0.317 e. The van der Waals surface area contributed by atoms with Crippen LogP contribution in [0.1, 0.15) is 30.8 Å². The lowest BCUT2D eigenvalue weighted by Crippen LogP contribution is -3.26. The van der Waals surface area contributed by atoms with Crippen molar-refractivity contribution in [3.63, 3.8) is 0 Å². The van der Waals surface area contributed by atoms with E-state index in [1.807, 2.05) is 4.68 Å². The van der Waals surface area contributed by atoms with Gasteiger partial charge in [0, 0.05) is 13.0 Å². The summed E-state index contributed by atoms with van der Waals surface area (Å²) in [6, 6.07) is 21.8. The van der Waals surface area contributed by atoms with Gasteiger partial charge in [-0.2, -0.15) is 0 Å². The van der Waals surface area contributed by atoms with Gasteiger partial charge in [-0.05, 0) is 34.5 Å². The fraction of sp³-hybridized carbons (Fsp3) is 0.409. The minimum atomic E-state index is 0.364. The van der Waals surface area contributed by atoms with Crippen molar-refractivity contribution in [1.82, 2.24) is 20.2 Å². The van der Waals surface area contributed by atoms with E-state index in [9.17, 15) is 0 Å². The maximum Gasteiger partial charge on any atom is 0.209 e. The molecule has 1 aromatic heterocycles. The predicted molar refractivity (Wildman–Crippen MR) is 108 cm³/mol. The molecule has 0 saturated carbocycles. The van der Waals surface area contributed by atoms with Crippen molar-refractivity contribution in [3.05, 3.63) is 72.1 Å². The van der Waals surface area contributed by atoms with Crippen LogP contribution >= 0.6 is 0 Å². The molecule has 2 N–H and O–H groups in total. The Labute approximate surface area is 166 Å². The standard InChI is InChI=1S/C22H28N6/c1-2-21(27-17-15-26(16-18-27)20-11-7-4-8-12-20)22-23-24-25-28(22)14-13-19-9-5-3-6-10-19/h3-12,21H,2,13-18H2,1H3/p+2/t21-/m0/s1. The topological polar surface area (TPSA) is 52.5 Å². The summed E-state index contributed by atoms with van der Waals surface area (Å²) in [6.07, 6.45) is 2.01. The van der Waals surface area contributed by atoms with Crippen LogP contribution in [0.2, 0.25) is 0 Å². The highest BCUT2D eigenvalue weighted by molar-refractivity contribution is 5.27. The van der Waals surface area contributed by atoms with Gasteiger partial charge in [-0.25, -0.2) is 4.68 Å². The summed E-state index contributed by atoms with van der Waals surface area (Å²) in [7, 11) is 0. The van der Waals surface area contributed by atoms with E-state index < -0.39 is 0 Å². The molecule has 6 heteroatoms. The Hall–Kier alpha value is -2.57. The Morgan fingerprint density at radius 1 is 0.929 bits per heavy atom. The highest BCUT2D eigenvalue weighted by Gasteiger charge is 2.33. The molecular formula is C22H30N6+2. The third kappa shape index (κ3) is 4.29. The van der Waals surface area contributed by atoms with Crippen molar-refractivity contribution in [2.75, 3.05) is 26.2 Å². The number of rotatable bonds is 7. The van der Waals surface area contributed by atoms with Crippen molar-refractivity contribution in [2.45, 2.75) is 32.4 Å². The molecule has 3 aromatic rings. The summed E-state index contributed by atoms with van der Waals surface area (Å²) in [5.74, 6) is 1.04.